The first kappa shape index (κ1) is 23.3. The standard InChI is InChI=1S/C27H29N5O2/c1-3-17-34-25-11-9-21(10-12-25)26-23(20-32(29-26)24-7-5-4-6-8-24)18-22(19-28)27(33)31-15-13-30(2)14-16-31/h4-12,18,20H,3,13-17H2,1-2H3/p+1/b22-18+. The average Bonchev–Trinajstić information content (AvgIpc) is 3.31. The number of nitrogens with zero attached hydrogens (tertiary/aromatic N) is 4. The lowest BCUT2D eigenvalue weighted by Gasteiger charge is -2.29. The molecule has 0 unspecified atom stereocenters. The Balaban J connectivity index is 1.70. The van der Waals surface area contributed by atoms with Gasteiger partial charge in [0.25, 0.3) is 5.91 Å². The third kappa shape index (κ3) is 5.36. The first-order valence-corrected chi connectivity index (χ1v) is 11.7. The van der Waals surface area contributed by atoms with Crippen molar-refractivity contribution in [2.75, 3.05) is 39.8 Å². The third-order valence-electron chi connectivity index (χ3n) is 5.92. The second-order valence-electron chi connectivity index (χ2n) is 8.51. The number of nitrogens with one attached hydrogen (secondary N) is 1. The molecule has 0 spiro atoms. The number of benzene rings is 2. The molecule has 0 bridgehead atoms. The molecule has 174 valence electrons. The van der Waals surface area contributed by atoms with Crippen LogP contribution in [0.1, 0.15) is 18.9 Å². The molecule has 0 atom stereocenters. The number of piperazine rings is 1. The van der Waals surface area contributed by atoms with E-state index in [0.29, 0.717) is 25.4 Å². The van der Waals surface area contributed by atoms with Crippen molar-refractivity contribution in [2.24, 2.45) is 0 Å². The van der Waals surface area contributed by atoms with Crippen LogP contribution in [0.15, 0.2) is 66.4 Å². The molecule has 1 aliphatic rings. The third-order valence-corrected chi connectivity index (χ3v) is 5.92. The summed E-state index contributed by atoms with van der Waals surface area (Å²) in [6, 6.07) is 19.7. The Morgan fingerprint density at radius 1 is 1.15 bits per heavy atom. The van der Waals surface area contributed by atoms with Gasteiger partial charge < -0.3 is 14.5 Å². The van der Waals surface area contributed by atoms with Gasteiger partial charge in [-0.25, -0.2) is 4.68 Å². The Kier molecular flexibility index (Phi) is 7.41. The fourth-order valence-corrected chi connectivity index (χ4v) is 3.92. The van der Waals surface area contributed by atoms with Gasteiger partial charge in [0.1, 0.15) is 17.4 Å². The highest BCUT2D eigenvalue weighted by molar-refractivity contribution is 6.02. The Hall–Kier alpha value is -3.89. The largest absolute Gasteiger partial charge is 0.494 e. The van der Waals surface area contributed by atoms with E-state index in [0.717, 1.165) is 42.1 Å². The van der Waals surface area contributed by atoms with Crippen molar-refractivity contribution >= 4 is 12.0 Å². The number of carbonyl (C=O) groups is 1. The van der Waals surface area contributed by atoms with Crippen molar-refractivity contribution in [3.8, 4) is 28.8 Å². The van der Waals surface area contributed by atoms with E-state index in [1.54, 1.807) is 15.7 Å². The minimum absolute atomic E-state index is 0.122. The van der Waals surface area contributed by atoms with Crippen molar-refractivity contribution in [2.45, 2.75) is 13.3 Å². The van der Waals surface area contributed by atoms with E-state index in [2.05, 4.69) is 20.0 Å². The number of likely N-dealkylation sites (N-methyl/N-ethyl adjacent to an activating group) is 1. The van der Waals surface area contributed by atoms with Crippen LogP contribution in [-0.4, -0.2) is 60.4 Å². The second kappa shape index (κ2) is 10.8. The lowest BCUT2D eigenvalue weighted by Crippen LogP contribution is -3.12. The minimum Gasteiger partial charge on any atom is -0.494 e. The Morgan fingerprint density at radius 2 is 1.85 bits per heavy atom. The van der Waals surface area contributed by atoms with E-state index in [1.807, 2.05) is 60.8 Å². The van der Waals surface area contributed by atoms with Gasteiger partial charge >= 0.3 is 0 Å². The van der Waals surface area contributed by atoms with Gasteiger partial charge in [0.05, 0.1) is 51.2 Å². The fraction of sp³-hybridized carbons (Fsp3) is 0.296. The lowest BCUT2D eigenvalue weighted by molar-refractivity contribution is -0.883. The van der Waals surface area contributed by atoms with Gasteiger partial charge in [0.2, 0.25) is 0 Å². The lowest BCUT2D eigenvalue weighted by atomic mass is 10.1. The molecule has 2 heterocycles. The molecule has 0 saturated carbocycles. The molecule has 7 heteroatoms. The van der Waals surface area contributed by atoms with E-state index in [9.17, 15) is 10.1 Å². The zero-order chi connectivity index (χ0) is 23.9. The number of nitriles is 1. The van der Waals surface area contributed by atoms with Crippen LogP contribution in [0.5, 0.6) is 5.75 Å². The molecule has 4 rings (SSSR count). The fourth-order valence-electron chi connectivity index (χ4n) is 3.92. The second-order valence-corrected chi connectivity index (χ2v) is 8.51. The summed E-state index contributed by atoms with van der Waals surface area (Å²) in [5.41, 5.74) is 3.33. The van der Waals surface area contributed by atoms with Crippen LogP contribution in [0.4, 0.5) is 0 Å². The van der Waals surface area contributed by atoms with E-state index in [1.165, 1.54) is 4.90 Å². The number of amides is 1. The van der Waals surface area contributed by atoms with E-state index < -0.39 is 0 Å². The molecule has 7 nitrogen and oxygen atoms in total. The zero-order valence-electron chi connectivity index (χ0n) is 19.7. The molecule has 1 aliphatic heterocycles. The first-order valence-electron chi connectivity index (χ1n) is 11.7. The Bertz CT molecular complexity index is 1180. The summed E-state index contributed by atoms with van der Waals surface area (Å²) in [6.45, 7) is 5.80. The highest BCUT2D eigenvalue weighted by Gasteiger charge is 2.24. The van der Waals surface area contributed by atoms with Crippen molar-refractivity contribution in [1.82, 2.24) is 14.7 Å². The number of para-hydroxylation sites is 1. The number of aromatic nitrogens is 2. The number of hydrogen-bond acceptors (Lipinski definition) is 4. The Labute approximate surface area is 200 Å². The molecule has 1 saturated heterocycles. The van der Waals surface area contributed by atoms with E-state index >= 15 is 0 Å². The van der Waals surface area contributed by atoms with Gasteiger partial charge in [0, 0.05) is 17.3 Å². The predicted molar refractivity (Wildman–Crippen MR) is 132 cm³/mol. The normalized spacial score (nSPS) is 14.6. The van der Waals surface area contributed by atoms with E-state index in [-0.39, 0.29) is 11.5 Å². The maximum atomic E-state index is 13.1. The smallest absolute Gasteiger partial charge is 0.264 e. The maximum absolute atomic E-state index is 13.1. The molecule has 0 aliphatic carbocycles. The number of carbonyl (C=O) groups excluding carboxylic acids is 1. The van der Waals surface area contributed by atoms with Crippen LogP contribution in [0.25, 0.3) is 23.0 Å². The van der Waals surface area contributed by atoms with Gasteiger partial charge in [-0.1, -0.05) is 25.1 Å². The topological polar surface area (TPSA) is 75.6 Å². The maximum Gasteiger partial charge on any atom is 0.264 e. The summed E-state index contributed by atoms with van der Waals surface area (Å²) in [5, 5.41) is 14.6. The van der Waals surface area contributed by atoms with Crippen LogP contribution in [0.3, 0.4) is 0 Å². The van der Waals surface area contributed by atoms with Crippen LogP contribution < -0.4 is 9.64 Å². The molecular formula is C27H30N5O2+. The highest BCUT2D eigenvalue weighted by atomic mass is 16.5. The minimum atomic E-state index is -0.225. The number of rotatable bonds is 7. The molecule has 1 fully saturated rings. The van der Waals surface area contributed by atoms with Gasteiger partial charge in [-0.05, 0) is 48.9 Å². The van der Waals surface area contributed by atoms with E-state index in [4.69, 9.17) is 9.84 Å². The summed E-state index contributed by atoms with van der Waals surface area (Å²) in [7, 11) is 2.12. The molecule has 0 radical (unpaired) electrons. The van der Waals surface area contributed by atoms with Crippen LogP contribution in [0, 0.1) is 11.3 Å². The predicted octanol–water partition coefficient (Wildman–Crippen LogP) is 2.59. The van der Waals surface area contributed by atoms with Crippen molar-refractivity contribution < 1.29 is 14.4 Å². The van der Waals surface area contributed by atoms with Crippen molar-refractivity contribution in [3.63, 3.8) is 0 Å². The van der Waals surface area contributed by atoms with Crippen LogP contribution in [0.2, 0.25) is 0 Å². The van der Waals surface area contributed by atoms with Gasteiger partial charge in [-0.3, -0.25) is 4.79 Å². The molecule has 1 amide bonds. The van der Waals surface area contributed by atoms with Crippen molar-refractivity contribution in [3.05, 3.63) is 71.9 Å². The summed E-state index contributed by atoms with van der Waals surface area (Å²) in [4.78, 5) is 16.3. The number of ether oxygens (including phenoxy) is 1. The summed E-state index contributed by atoms with van der Waals surface area (Å²) >= 11 is 0. The van der Waals surface area contributed by atoms with Crippen molar-refractivity contribution in [1.29, 1.82) is 5.26 Å². The molecular weight excluding hydrogens is 426 g/mol. The molecule has 1 aromatic heterocycles. The molecule has 2 aromatic carbocycles. The SMILES string of the molecule is CCCOc1ccc(-c2nn(-c3ccccc3)cc2/C=C(\C#N)C(=O)N2CC[NH+](C)CC2)cc1. The van der Waals surface area contributed by atoms with Crippen LogP contribution in [-0.2, 0) is 4.79 Å². The monoisotopic (exact) mass is 456 g/mol. The molecule has 1 N–H and O–H groups in total. The highest BCUT2D eigenvalue weighted by Crippen LogP contribution is 2.28. The zero-order valence-corrected chi connectivity index (χ0v) is 19.7. The molecule has 34 heavy (non-hydrogen) atoms. The Morgan fingerprint density at radius 3 is 2.50 bits per heavy atom. The number of quaternary nitrogens is 1. The molecule has 3 aromatic rings. The first-order chi connectivity index (χ1) is 16.6. The summed E-state index contributed by atoms with van der Waals surface area (Å²) in [5.74, 6) is 0.576. The van der Waals surface area contributed by atoms with Gasteiger partial charge in [-0.15, -0.1) is 0 Å². The number of hydrogen-bond donors (Lipinski definition) is 1. The average molecular weight is 457 g/mol. The summed E-state index contributed by atoms with van der Waals surface area (Å²) in [6.07, 6.45) is 4.47. The van der Waals surface area contributed by atoms with Gasteiger partial charge in [-0.2, -0.15) is 10.4 Å². The summed E-state index contributed by atoms with van der Waals surface area (Å²) < 4.78 is 7.49. The van der Waals surface area contributed by atoms with Crippen LogP contribution >= 0.6 is 0 Å². The van der Waals surface area contributed by atoms with Gasteiger partial charge in [0.15, 0.2) is 0 Å². The quantitative estimate of drug-likeness (QED) is 0.438.